The number of anilines is 2. The zero-order valence-electron chi connectivity index (χ0n) is 15.3. The van der Waals surface area contributed by atoms with Gasteiger partial charge in [-0.1, -0.05) is 6.07 Å². The predicted octanol–water partition coefficient (Wildman–Crippen LogP) is 3.34. The molecule has 0 atom stereocenters. The summed E-state index contributed by atoms with van der Waals surface area (Å²) in [6.07, 6.45) is 0. The van der Waals surface area contributed by atoms with Gasteiger partial charge in [0.1, 0.15) is 12.4 Å². The first-order valence-electron chi connectivity index (χ1n) is 8.47. The molecule has 0 bridgehead atoms. The quantitative estimate of drug-likeness (QED) is 0.737. The maximum Gasteiger partial charge on any atom is 0.255 e. The van der Waals surface area contributed by atoms with Crippen molar-refractivity contribution in [2.75, 3.05) is 37.1 Å². The highest BCUT2D eigenvalue weighted by atomic mass is 16.5. The number of hydrogen-bond acceptors (Lipinski definition) is 4. The van der Waals surface area contributed by atoms with Crippen molar-refractivity contribution < 1.29 is 19.1 Å². The maximum atomic E-state index is 12.4. The van der Waals surface area contributed by atoms with Crippen molar-refractivity contribution in [1.82, 2.24) is 0 Å². The molecule has 2 aromatic rings. The minimum absolute atomic E-state index is 0.0756. The summed E-state index contributed by atoms with van der Waals surface area (Å²) in [5.41, 5.74) is 1.86. The Labute approximate surface area is 153 Å². The van der Waals surface area contributed by atoms with Gasteiger partial charge in [-0.2, -0.15) is 0 Å². The fraction of sp³-hybridized carbons (Fsp3) is 0.300. The molecule has 0 saturated carbocycles. The SMILES string of the molecule is CCOCCOc1ccc(C(=O)Nc2cccc(N(C)C(C)=O)c2)cc1. The molecule has 138 valence electrons. The Bertz CT molecular complexity index is 744. The van der Waals surface area contributed by atoms with Gasteiger partial charge in [0, 0.05) is 37.5 Å². The molecule has 1 N–H and O–H groups in total. The van der Waals surface area contributed by atoms with Crippen molar-refractivity contribution >= 4 is 23.2 Å². The molecule has 0 aliphatic rings. The first-order valence-corrected chi connectivity index (χ1v) is 8.47. The number of benzene rings is 2. The van der Waals surface area contributed by atoms with Crippen molar-refractivity contribution in [1.29, 1.82) is 0 Å². The van der Waals surface area contributed by atoms with E-state index in [1.54, 1.807) is 49.5 Å². The van der Waals surface area contributed by atoms with Crippen LogP contribution >= 0.6 is 0 Å². The van der Waals surface area contributed by atoms with Crippen molar-refractivity contribution in [2.45, 2.75) is 13.8 Å². The molecule has 0 radical (unpaired) electrons. The molecular weight excluding hydrogens is 332 g/mol. The van der Waals surface area contributed by atoms with Crippen LogP contribution in [0.2, 0.25) is 0 Å². The summed E-state index contributed by atoms with van der Waals surface area (Å²) < 4.78 is 10.7. The van der Waals surface area contributed by atoms with Crippen LogP contribution in [0.5, 0.6) is 5.75 Å². The number of ether oxygens (including phenoxy) is 2. The highest BCUT2D eigenvalue weighted by molar-refractivity contribution is 6.04. The molecule has 0 fully saturated rings. The number of nitrogens with one attached hydrogen (secondary N) is 1. The van der Waals surface area contributed by atoms with Crippen molar-refractivity contribution in [3.63, 3.8) is 0 Å². The van der Waals surface area contributed by atoms with Crippen LogP contribution in [0.4, 0.5) is 11.4 Å². The molecule has 2 rings (SSSR count). The number of amides is 2. The minimum atomic E-state index is -0.228. The Hall–Kier alpha value is -2.86. The summed E-state index contributed by atoms with van der Waals surface area (Å²) >= 11 is 0. The summed E-state index contributed by atoms with van der Waals surface area (Å²) in [5, 5.41) is 2.83. The lowest BCUT2D eigenvalue weighted by atomic mass is 10.2. The fourth-order valence-electron chi connectivity index (χ4n) is 2.24. The van der Waals surface area contributed by atoms with Crippen molar-refractivity contribution in [2.24, 2.45) is 0 Å². The molecule has 6 heteroatoms. The fourth-order valence-corrected chi connectivity index (χ4v) is 2.24. The molecule has 0 aromatic heterocycles. The Morgan fingerprint density at radius 2 is 1.81 bits per heavy atom. The zero-order chi connectivity index (χ0) is 18.9. The van der Waals surface area contributed by atoms with Crippen LogP contribution in [-0.4, -0.2) is 38.7 Å². The Morgan fingerprint density at radius 1 is 1.08 bits per heavy atom. The predicted molar refractivity (Wildman–Crippen MR) is 102 cm³/mol. The lowest BCUT2D eigenvalue weighted by Gasteiger charge is -2.16. The molecule has 0 aliphatic heterocycles. The number of hydrogen-bond donors (Lipinski definition) is 1. The second kappa shape index (κ2) is 9.58. The molecular formula is C20H24N2O4. The van der Waals surface area contributed by atoms with Gasteiger partial charge in [-0.15, -0.1) is 0 Å². The average molecular weight is 356 g/mol. The zero-order valence-corrected chi connectivity index (χ0v) is 15.3. The van der Waals surface area contributed by atoms with E-state index in [4.69, 9.17) is 9.47 Å². The smallest absolute Gasteiger partial charge is 0.255 e. The summed E-state index contributed by atoms with van der Waals surface area (Å²) in [6.45, 7) is 5.08. The van der Waals surface area contributed by atoms with E-state index in [2.05, 4.69) is 5.32 Å². The van der Waals surface area contributed by atoms with Gasteiger partial charge in [0.25, 0.3) is 5.91 Å². The van der Waals surface area contributed by atoms with E-state index in [-0.39, 0.29) is 11.8 Å². The Kier molecular flexibility index (Phi) is 7.17. The van der Waals surface area contributed by atoms with Gasteiger partial charge in [-0.3, -0.25) is 9.59 Å². The van der Waals surface area contributed by atoms with Crippen LogP contribution in [0.3, 0.4) is 0 Å². The second-order valence-electron chi connectivity index (χ2n) is 5.65. The van der Waals surface area contributed by atoms with Gasteiger partial charge >= 0.3 is 0 Å². The molecule has 0 heterocycles. The van der Waals surface area contributed by atoms with Crippen LogP contribution < -0.4 is 15.0 Å². The Morgan fingerprint density at radius 3 is 2.46 bits per heavy atom. The second-order valence-corrected chi connectivity index (χ2v) is 5.65. The molecule has 0 unspecified atom stereocenters. The largest absolute Gasteiger partial charge is 0.491 e. The van der Waals surface area contributed by atoms with Gasteiger partial charge in [0.05, 0.1) is 6.61 Å². The van der Waals surface area contributed by atoms with E-state index < -0.39 is 0 Å². The van der Waals surface area contributed by atoms with Gasteiger partial charge < -0.3 is 19.7 Å². The monoisotopic (exact) mass is 356 g/mol. The minimum Gasteiger partial charge on any atom is -0.491 e. The maximum absolute atomic E-state index is 12.4. The highest BCUT2D eigenvalue weighted by Gasteiger charge is 2.09. The van der Waals surface area contributed by atoms with Crippen LogP contribution in [0, 0.1) is 0 Å². The molecule has 2 amide bonds. The molecule has 26 heavy (non-hydrogen) atoms. The summed E-state index contributed by atoms with van der Waals surface area (Å²) in [5.74, 6) is 0.383. The van der Waals surface area contributed by atoms with E-state index in [1.165, 1.54) is 11.8 Å². The van der Waals surface area contributed by atoms with Crippen LogP contribution in [0.15, 0.2) is 48.5 Å². The normalized spacial score (nSPS) is 10.3. The third-order valence-electron chi connectivity index (χ3n) is 3.78. The first-order chi connectivity index (χ1) is 12.5. The summed E-state index contributed by atoms with van der Waals surface area (Å²) in [7, 11) is 1.69. The molecule has 0 saturated heterocycles. The van der Waals surface area contributed by atoms with Crippen LogP contribution in [-0.2, 0) is 9.53 Å². The van der Waals surface area contributed by atoms with Gasteiger partial charge in [0.15, 0.2) is 0 Å². The van der Waals surface area contributed by atoms with E-state index in [0.717, 1.165) is 0 Å². The molecule has 0 spiro atoms. The van der Waals surface area contributed by atoms with E-state index in [9.17, 15) is 9.59 Å². The number of carbonyl (C=O) groups is 2. The summed E-state index contributed by atoms with van der Waals surface area (Å²) in [6, 6.07) is 14.0. The standard InChI is InChI=1S/C20H24N2O4/c1-4-25-12-13-26-19-10-8-16(9-11-19)20(24)21-17-6-5-7-18(14-17)22(3)15(2)23/h5-11,14H,4,12-13H2,1-3H3,(H,21,24). The van der Waals surface area contributed by atoms with E-state index in [1.807, 2.05) is 13.0 Å². The van der Waals surface area contributed by atoms with Gasteiger partial charge in [0.2, 0.25) is 5.91 Å². The van der Waals surface area contributed by atoms with Gasteiger partial charge in [-0.25, -0.2) is 0 Å². The number of carbonyl (C=O) groups excluding carboxylic acids is 2. The number of nitrogens with zero attached hydrogens (tertiary/aromatic N) is 1. The van der Waals surface area contributed by atoms with Gasteiger partial charge in [-0.05, 0) is 49.4 Å². The lowest BCUT2D eigenvalue weighted by molar-refractivity contribution is -0.116. The van der Waals surface area contributed by atoms with E-state index in [0.29, 0.717) is 42.5 Å². The van der Waals surface area contributed by atoms with E-state index >= 15 is 0 Å². The number of rotatable bonds is 8. The first kappa shape index (κ1) is 19.5. The lowest BCUT2D eigenvalue weighted by Crippen LogP contribution is -2.23. The molecule has 2 aromatic carbocycles. The van der Waals surface area contributed by atoms with Crippen molar-refractivity contribution in [3.8, 4) is 5.75 Å². The average Bonchev–Trinajstić information content (AvgIpc) is 2.65. The molecule has 6 nitrogen and oxygen atoms in total. The summed E-state index contributed by atoms with van der Waals surface area (Å²) in [4.78, 5) is 25.4. The topological polar surface area (TPSA) is 67.9 Å². The third-order valence-corrected chi connectivity index (χ3v) is 3.78. The third kappa shape index (κ3) is 5.60. The van der Waals surface area contributed by atoms with Crippen molar-refractivity contribution in [3.05, 3.63) is 54.1 Å². The van der Waals surface area contributed by atoms with Crippen LogP contribution in [0.25, 0.3) is 0 Å². The molecule has 0 aliphatic carbocycles. The highest BCUT2D eigenvalue weighted by Crippen LogP contribution is 2.20. The van der Waals surface area contributed by atoms with Crippen LogP contribution in [0.1, 0.15) is 24.2 Å². The Balaban J connectivity index is 1.97.